The van der Waals surface area contributed by atoms with Gasteiger partial charge in [0, 0.05) is 23.9 Å². The Morgan fingerprint density at radius 3 is 2.95 bits per heavy atom. The molecule has 3 rings (SSSR count). The molecule has 0 unspecified atom stereocenters. The Hall–Kier alpha value is -2.48. The van der Waals surface area contributed by atoms with Crippen molar-refractivity contribution in [2.24, 2.45) is 7.05 Å². The second-order valence-corrected chi connectivity index (χ2v) is 5.24. The van der Waals surface area contributed by atoms with Crippen molar-refractivity contribution in [3.8, 4) is 5.82 Å². The van der Waals surface area contributed by atoms with Crippen molar-refractivity contribution >= 4 is 27.5 Å². The van der Waals surface area contributed by atoms with Gasteiger partial charge in [0.2, 0.25) is 0 Å². The van der Waals surface area contributed by atoms with E-state index in [0.717, 1.165) is 4.47 Å². The zero-order valence-electron chi connectivity index (χ0n) is 11.1. The maximum Gasteiger partial charge on any atom is 0.272 e. The Bertz CT molecular complexity index is 780. The predicted molar refractivity (Wildman–Crippen MR) is 80.2 cm³/mol. The number of carbonyl (C=O) groups excluding carboxylic acids is 1. The van der Waals surface area contributed by atoms with E-state index in [-0.39, 0.29) is 5.91 Å². The maximum absolute atomic E-state index is 12.3. The van der Waals surface area contributed by atoms with Crippen molar-refractivity contribution in [3.05, 3.63) is 53.4 Å². The molecule has 0 radical (unpaired) electrons. The molecule has 0 aromatic carbocycles. The molecule has 106 valence electrons. The summed E-state index contributed by atoms with van der Waals surface area (Å²) in [4.78, 5) is 20.5. The lowest BCUT2D eigenvalue weighted by molar-refractivity contribution is 0.101. The summed E-state index contributed by atoms with van der Waals surface area (Å²) in [6.07, 6.45) is 6.38. The molecule has 1 N–H and O–H groups in total. The fourth-order valence-electron chi connectivity index (χ4n) is 1.93. The third-order valence-electron chi connectivity index (χ3n) is 2.87. The van der Waals surface area contributed by atoms with E-state index >= 15 is 0 Å². The lowest BCUT2D eigenvalue weighted by Gasteiger charge is -2.09. The average Bonchev–Trinajstić information content (AvgIpc) is 3.09. The first kappa shape index (κ1) is 13.5. The van der Waals surface area contributed by atoms with Gasteiger partial charge in [-0.05, 0) is 34.1 Å². The lowest BCUT2D eigenvalue weighted by atomic mass is 10.3. The fourth-order valence-corrected chi connectivity index (χ4v) is 2.45. The standard InChI is InChI=1S/C13H11BrN6O/c1-19-6-9(14)5-11(19)13(21)18-10-3-2-4-16-12(10)20-8-15-7-17-20/h2-8H,1H3,(H,18,21). The number of rotatable bonds is 3. The molecule has 8 heteroatoms. The predicted octanol–water partition coefficient (Wildman–Crippen LogP) is 2.02. The van der Waals surface area contributed by atoms with Crippen LogP contribution >= 0.6 is 15.9 Å². The van der Waals surface area contributed by atoms with Crippen LogP contribution in [0, 0.1) is 0 Å². The Morgan fingerprint density at radius 1 is 1.43 bits per heavy atom. The van der Waals surface area contributed by atoms with Crippen molar-refractivity contribution in [2.75, 3.05) is 5.32 Å². The number of aryl methyl sites for hydroxylation is 1. The summed E-state index contributed by atoms with van der Waals surface area (Å²) in [5.74, 6) is 0.286. The quantitative estimate of drug-likeness (QED) is 0.786. The summed E-state index contributed by atoms with van der Waals surface area (Å²) < 4.78 is 4.08. The summed E-state index contributed by atoms with van der Waals surface area (Å²) in [6, 6.07) is 5.26. The minimum absolute atomic E-state index is 0.224. The molecule has 3 aromatic heterocycles. The molecule has 0 aliphatic carbocycles. The first-order valence-electron chi connectivity index (χ1n) is 6.08. The monoisotopic (exact) mass is 346 g/mol. The molecular formula is C13H11BrN6O. The molecule has 3 aromatic rings. The number of nitrogens with zero attached hydrogens (tertiary/aromatic N) is 5. The van der Waals surface area contributed by atoms with E-state index in [0.29, 0.717) is 17.2 Å². The van der Waals surface area contributed by atoms with Crippen molar-refractivity contribution in [1.29, 1.82) is 0 Å². The third-order valence-corrected chi connectivity index (χ3v) is 3.31. The van der Waals surface area contributed by atoms with Gasteiger partial charge >= 0.3 is 0 Å². The lowest BCUT2D eigenvalue weighted by Crippen LogP contribution is -2.17. The number of carbonyl (C=O) groups is 1. The second kappa shape index (κ2) is 5.49. The topological polar surface area (TPSA) is 77.6 Å². The Morgan fingerprint density at radius 2 is 2.29 bits per heavy atom. The summed E-state index contributed by atoms with van der Waals surface area (Å²) >= 11 is 3.35. The number of pyridine rings is 1. The van der Waals surface area contributed by atoms with Gasteiger partial charge in [0.15, 0.2) is 5.82 Å². The smallest absolute Gasteiger partial charge is 0.272 e. The van der Waals surface area contributed by atoms with Crippen LogP contribution in [0.5, 0.6) is 0 Å². The summed E-state index contributed by atoms with van der Waals surface area (Å²) in [6.45, 7) is 0. The van der Waals surface area contributed by atoms with Crippen LogP contribution in [-0.4, -0.2) is 30.2 Å². The molecule has 0 atom stereocenters. The molecule has 0 aliphatic rings. The average molecular weight is 347 g/mol. The highest BCUT2D eigenvalue weighted by Crippen LogP contribution is 2.19. The van der Waals surface area contributed by atoms with Gasteiger partial charge in [-0.15, -0.1) is 0 Å². The number of hydrogen-bond acceptors (Lipinski definition) is 4. The largest absolute Gasteiger partial charge is 0.345 e. The normalized spacial score (nSPS) is 10.6. The van der Waals surface area contributed by atoms with Crippen LogP contribution in [0.15, 0.2) is 47.7 Å². The summed E-state index contributed by atoms with van der Waals surface area (Å²) in [7, 11) is 1.81. The van der Waals surface area contributed by atoms with Gasteiger partial charge in [-0.1, -0.05) is 0 Å². The molecule has 21 heavy (non-hydrogen) atoms. The van der Waals surface area contributed by atoms with Crippen molar-refractivity contribution in [1.82, 2.24) is 24.3 Å². The zero-order chi connectivity index (χ0) is 14.8. The molecule has 0 saturated heterocycles. The van der Waals surface area contributed by atoms with Crippen LogP contribution in [0.4, 0.5) is 5.69 Å². The molecule has 1 amide bonds. The van der Waals surface area contributed by atoms with Gasteiger partial charge < -0.3 is 9.88 Å². The second-order valence-electron chi connectivity index (χ2n) is 4.32. The molecule has 0 spiro atoms. The van der Waals surface area contributed by atoms with Gasteiger partial charge in [-0.2, -0.15) is 5.10 Å². The minimum atomic E-state index is -0.224. The molecule has 0 fully saturated rings. The van der Waals surface area contributed by atoms with Crippen LogP contribution in [-0.2, 0) is 7.05 Å². The highest BCUT2D eigenvalue weighted by Gasteiger charge is 2.14. The fraction of sp³-hybridized carbons (Fsp3) is 0.0769. The van der Waals surface area contributed by atoms with Gasteiger partial charge in [0.25, 0.3) is 5.91 Å². The molecule has 3 heterocycles. The Kier molecular flexibility index (Phi) is 3.53. The molecular weight excluding hydrogens is 336 g/mol. The molecule has 7 nitrogen and oxygen atoms in total. The Labute approximate surface area is 128 Å². The number of nitrogens with one attached hydrogen (secondary N) is 1. The van der Waals surface area contributed by atoms with Crippen LogP contribution in [0.2, 0.25) is 0 Å². The van der Waals surface area contributed by atoms with Crippen LogP contribution in [0.3, 0.4) is 0 Å². The Balaban J connectivity index is 1.92. The van der Waals surface area contributed by atoms with Gasteiger partial charge in [0.1, 0.15) is 18.3 Å². The van der Waals surface area contributed by atoms with Crippen molar-refractivity contribution in [3.63, 3.8) is 0 Å². The van der Waals surface area contributed by atoms with Crippen molar-refractivity contribution in [2.45, 2.75) is 0 Å². The van der Waals surface area contributed by atoms with E-state index in [1.165, 1.54) is 17.3 Å². The van der Waals surface area contributed by atoms with Gasteiger partial charge in [-0.3, -0.25) is 4.79 Å². The van der Waals surface area contributed by atoms with E-state index < -0.39 is 0 Å². The first-order valence-corrected chi connectivity index (χ1v) is 6.87. The number of halogens is 1. The van der Waals surface area contributed by atoms with E-state index in [2.05, 4.69) is 36.3 Å². The zero-order valence-corrected chi connectivity index (χ0v) is 12.6. The van der Waals surface area contributed by atoms with Crippen LogP contribution in [0.1, 0.15) is 10.5 Å². The first-order chi connectivity index (χ1) is 10.1. The van der Waals surface area contributed by atoms with E-state index in [1.807, 2.05) is 6.20 Å². The molecule has 0 saturated carbocycles. The highest BCUT2D eigenvalue weighted by molar-refractivity contribution is 9.10. The maximum atomic E-state index is 12.3. The molecule has 0 aliphatic heterocycles. The summed E-state index contributed by atoms with van der Waals surface area (Å²) in [5.41, 5.74) is 1.10. The van der Waals surface area contributed by atoms with Gasteiger partial charge in [0.05, 0.1) is 5.69 Å². The number of hydrogen-bond donors (Lipinski definition) is 1. The highest BCUT2D eigenvalue weighted by atomic mass is 79.9. The third kappa shape index (κ3) is 2.70. The van der Waals surface area contributed by atoms with Gasteiger partial charge in [-0.25, -0.2) is 14.6 Å². The minimum Gasteiger partial charge on any atom is -0.345 e. The summed E-state index contributed by atoms with van der Waals surface area (Å²) in [5, 5.41) is 6.87. The van der Waals surface area contributed by atoms with E-state index in [9.17, 15) is 4.79 Å². The SMILES string of the molecule is Cn1cc(Br)cc1C(=O)Nc1cccnc1-n1cncn1. The number of anilines is 1. The van der Waals surface area contributed by atoms with Crippen molar-refractivity contribution < 1.29 is 4.79 Å². The van der Waals surface area contributed by atoms with E-state index in [1.54, 1.807) is 36.0 Å². The van der Waals surface area contributed by atoms with E-state index in [4.69, 9.17) is 0 Å². The number of amides is 1. The molecule has 0 bridgehead atoms. The van der Waals surface area contributed by atoms with Crippen LogP contribution in [0.25, 0.3) is 5.82 Å². The number of aromatic nitrogens is 5. The van der Waals surface area contributed by atoms with Crippen LogP contribution < -0.4 is 5.32 Å².